The Bertz CT molecular complexity index is 710. The summed E-state index contributed by atoms with van der Waals surface area (Å²) in [6.07, 6.45) is 0. The average Bonchev–Trinajstić information content (AvgIpc) is 2.44. The van der Waals surface area contributed by atoms with E-state index in [1.54, 1.807) is 6.07 Å². The van der Waals surface area contributed by atoms with Gasteiger partial charge in [0.05, 0.1) is 15.0 Å². The molecule has 0 saturated carbocycles. The number of nitrogens with zero attached hydrogens (tertiary/aromatic N) is 1. The molecule has 2 rings (SSSR count). The lowest BCUT2D eigenvalue weighted by Crippen LogP contribution is -1.99. The zero-order chi connectivity index (χ0) is 15.6. The summed E-state index contributed by atoms with van der Waals surface area (Å²) in [4.78, 5) is 10.3. The summed E-state index contributed by atoms with van der Waals surface area (Å²) < 4.78 is 19.1. The average molecular weight is 331 g/mol. The fraction of sp³-hybridized carbons (Fsp3) is 0.0769. The van der Waals surface area contributed by atoms with Crippen LogP contribution < -0.4 is 10.5 Å². The molecule has 8 heteroatoms. The predicted molar refractivity (Wildman–Crippen MR) is 77.5 cm³/mol. The van der Waals surface area contributed by atoms with Crippen molar-refractivity contribution in [2.75, 3.05) is 0 Å². The van der Waals surface area contributed by atoms with Crippen LogP contribution in [0.1, 0.15) is 5.56 Å². The molecule has 0 amide bonds. The van der Waals surface area contributed by atoms with Gasteiger partial charge >= 0.3 is 5.69 Å². The Kier molecular flexibility index (Phi) is 4.62. The molecule has 0 aromatic heterocycles. The van der Waals surface area contributed by atoms with Crippen LogP contribution in [0.15, 0.2) is 30.3 Å². The highest BCUT2D eigenvalue weighted by Crippen LogP contribution is 2.38. The van der Waals surface area contributed by atoms with Gasteiger partial charge in [-0.3, -0.25) is 10.1 Å². The van der Waals surface area contributed by atoms with Crippen LogP contribution in [0.3, 0.4) is 0 Å². The summed E-state index contributed by atoms with van der Waals surface area (Å²) in [5.41, 5.74) is 5.56. The molecular formula is C13H9Cl2FN2O3. The third-order valence-corrected chi connectivity index (χ3v) is 3.37. The van der Waals surface area contributed by atoms with Gasteiger partial charge in [0.2, 0.25) is 5.75 Å². The van der Waals surface area contributed by atoms with Gasteiger partial charge in [-0.2, -0.15) is 0 Å². The molecule has 0 aliphatic carbocycles. The van der Waals surface area contributed by atoms with E-state index in [1.165, 1.54) is 12.1 Å². The van der Waals surface area contributed by atoms with E-state index >= 15 is 0 Å². The molecule has 0 spiro atoms. The summed E-state index contributed by atoms with van der Waals surface area (Å²) in [6.45, 7) is 0.171. The van der Waals surface area contributed by atoms with Crippen molar-refractivity contribution in [1.29, 1.82) is 0 Å². The summed E-state index contributed by atoms with van der Waals surface area (Å²) in [6, 6.07) is 6.30. The van der Waals surface area contributed by atoms with Crippen molar-refractivity contribution in [1.82, 2.24) is 0 Å². The minimum Gasteiger partial charge on any atom is -0.447 e. The van der Waals surface area contributed by atoms with Gasteiger partial charge < -0.3 is 10.5 Å². The Labute approximate surface area is 129 Å². The normalized spacial score (nSPS) is 10.5. The highest BCUT2D eigenvalue weighted by Gasteiger charge is 2.20. The maximum Gasteiger partial charge on any atom is 0.313 e. The molecule has 21 heavy (non-hydrogen) atoms. The van der Waals surface area contributed by atoms with Crippen LogP contribution in [0.25, 0.3) is 0 Å². The Hall–Kier alpha value is -1.89. The second kappa shape index (κ2) is 6.26. The van der Waals surface area contributed by atoms with Crippen LogP contribution in [-0.4, -0.2) is 4.92 Å². The quantitative estimate of drug-likeness (QED) is 0.669. The van der Waals surface area contributed by atoms with Crippen LogP contribution in [0.5, 0.6) is 11.5 Å². The molecule has 0 atom stereocenters. The number of hydrogen-bond acceptors (Lipinski definition) is 4. The van der Waals surface area contributed by atoms with Crippen molar-refractivity contribution >= 4 is 28.9 Å². The summed E-state index contributed by atoms with van der Waals surface area (Å²) in [7, 11) is 0. The number of nitrogens with two attached hydrogens (primary N) is 1. The van der Waals surface area contributed by atoms with E-state index in [2.05, 4.69) is 0 Å². The molecule has 0 unspecified atom stereocenters. The second-order valence-electron chi connectivity index (χ2n) is 4.06. The van der Waals surface area contributed by atoms with E-state index in [0.717, 1.165) is 12.1 Å². The first-order valence-electron chi connectivity index (χ1n) is 5.72. The van der Waals surface area contributed by atoms with Gasteiger partial charge in [0, 0.05) is 18.7 Å². The first kappa shape index (κ1) is 15.5. The lowest BCUT2D eigenvalue weighted by Gasteiger charge is -2.09. The summed E-state index contributed by atoms with van der Waals surface area (Å²) >= 11 is 11.5. The number of ether oxygens (including phenoxy) is 1. The molecule has 5 nitrogen and oxygen atoms in total. The van der Waals surface area contributed by atoms with Gasteiger partial charge in [-0.1, -0.05) is 29.3 Å². The monoisotopic (exact) mass is 330 g/mol. The number of hydrogen-bond donors (Lipinski definition) is 1. The van der Waals surface area contributed by atoms with Crippen LogP contribution in [-0.2, 0) is 6.54 Å². The van der Waals surface area contributed by atoms with Crippen LogP contribution in [0.4, 0.5) is 10.1 Å². The Balaban J connectivity index is 2.43. The molecule has 2 aromatic carbocycles. The van der Waals surface area contributed by atoms with E-state index in [1.807, 2.05) is 0 Å². The molecule has 0 aliphatic rings. The number of nitro benzene ring substituents is 1. The Morgan fingerprint density at radius 1 is 1.19 bits per heavy atom. The summed E-state index contributed by atoms with van der Waals surface area (Å²) in [5, 5.41) is 11.0. The minimum absolute atomic E-state index is 0.00895. The molecule has 110 valence electrons. The van der Waals surface area contributed by atoms with Crippen molar-refractivity contribution < 1.29 is 14.1 Å². The van der Waals surface area contributed by atoms with Gasteiger partial charge in [-0.05, 0) is 17.7 Å². The van der Waals surface area contributed by atoms with E-state index in [9.17, 15) is 14.5 Å². The molecule has 2 aromatic rings. The lowest BCUT2D eigenvalue weighted by atomic mass is 10.2. The molecule has 0 aliphatic heterocycles. The number of benzene rings is 2. The molecule has 0 heterocycles. The fourth-order valence-electron chi connectivity index (χ4n) is 1.62. The number of nitro groups is 1. The van der Waals surface area contributed by atoms with Gasteiger partial charge in [-0.15, -0.1) is 0 Å². The molecular weight excluding hydrogens is 322 g/mol. The Morgan fingerprint density at radius 2 is 1.86 bits per heavy atom. The molecule has 0 radical (unpaired) electrons. The van der Waals surface area contributed by atoms with Crippen molar-refractivity contribution in [3.05, 3.63) is 61.9 Å². The first-order chi connectivity index (χ1) is 9.92. The van der Waals surface area contributed by atoms with Crippen molar-refractivity contribution in [2.24, 2.45) is 5.73 Å². The maximum atomic E-state index is 13.8. The number of halogens is 3. The fourth-order valence-corrected chi connectivity index (χ4v) is 1.93. The second-order valence-corrected chi connectivity index (χ2v) is 4.88. The van der Waals surface area contributed by atoms with E-state index in [4.69, 9.17) is 33.7 Å². The van der Waals surface area contributed by atoms with Gasteiger partial charge in [-0.25, -0.2) is 4.39 Å². The smallest absolute Gasteiger partial charge is 0.313 e. The zero-order valence-corrected chi connectivity index (χ0v) is 12.0. The Morgan fingerprint density at radius 3 is 2.43 bits per heavy atom. The van der Waals surface area contributed by atoms with Crippen molar-refractivity contribution in [3.8, 4) is 11.5 Å². The minimum atomic E-state index is -0.691. The maximum absolute atomic E-state index is 13.8. The highest BCUT2D eigenvalue weighted by molar-refractivity contribution is 6.42. The van der Waals surface area contributed by atoms with Crippen molar-refractivity contribution in [2.45, 2.75) is 6.54 Å². The van der Waals surface area contributed by atoms with Gasteiger partial charge in [0.1, 0.15) is 0 Å². The number of rotatable bonds is 4. The van der Waals surface area contributed by atoms with Crippen molar-refractivity contribution in [3.63, 3.8) is 0 Å². The molecule has 0 fully saturated rings. The van der Waals surface area contributed by atoms with E-state index in [0.29, 0.717) is 5.56 Å². The first-order valence-corrected chi connectivity index (χ1v) is 6.47. The van der Waals surface area contributed by atoms with Crippen LogP contribution in [0, 0.1) is 15.9 Å². The lowest BCUT2D eigenvalue weighted by molar-refractivity contribution is -0.385. The molecule has 0 saturated heterocycles. The molecule has 2 N–H and O–H groups in total. The predicted octanol–water partition coefficient (Wildman–Crippen LogP) is 4.29. The standard InChI is InChI=1S/C13H9Cl2FN2O3/c14-8-4-11(18(19)20)13(5-9(8)15)21-12-2-1-7(6-17)3-10(12)16/h1-5H,6,17H2. The van der Waals surface area contributed by atoms with E-state index < -0.39 is 16.4 Å². The van der Waals surface area contributed by atoms with Gasteiger partial charge in [0.25, 0.3) is 0 Å². The zero-order valence-electron chi connectivity index (χ0n) is 10.5. The van der Waals surface area contributed by atoms with Crippen LogP contribution >= 0.6 is 23.2 Å². The van der Waals surface area contributed by atoms with Crippen LogP contribution in [0.2, 0.25) is 10.0 Å². The SMILES string of the molecule is NCc1ccc(Oc2cc(Cl)c(Cl)cc2[N+](=O)[O-])c(F)c1. The van der Waals surface area contributed by atoms with E-state index in [-0.39, 0.29) is 28.1 Å². The summed E-state index contributed by atoms with van der Waals surface area (Å²) in [5.74, 6) is -1.05. The third-order valence-electron chi connectivity index (χ3n) is 2.65. The highest BCUT2D eigenvalue weighted by atomic mass is 35.5. The topological polar surface area (TPSA) is 78.4 Å². The van der Waals surface area contributed by atoms with Gasteiger partial charge in [0.15, 0.2) is 11.6 Å². The third kappa shape index (κ3) is 3.41. The largest absolute Gasteiger partial charge is 0.447 e. The molecule has 0 bridgehead atoms.